The summed E-state index contributed by atoms with van der Waals surface area (Å²) < 4.78 is 77.6. The average Bonchev–Trinajstić information content (AvgIpc) is 2.65. The number of nitrogens with two attached hydrogens (primary N) is 1. The minimum absolute atomic E-state index is 0.0895. The van der Waals surface area contributed by atoms with Crippen LogP contribution in [-0.2, 0) is 10.0 Å². The summed E-state index contributed by atoms with van der Waals surface area (Å²) in [6, 6.07) is 8.40. The van der Waals surface area contributed by atoms with Gasteiger partial charge >= 0.3 is 6.36 Å². The molecule has 3 aromatic rings. The molecule has 0 unspecified atom stereocenters. The van der Waals surface area contributed by atoms with Crippen LogP contribution in [0.5, 0.6) is 5.75 Å². The summed E-state index contributed by atoms with van der Waals surface area (Å²) in [7, 11) is -4.08. The van der Waals surface area contributed by atoms with Gasteiger partial charge in [-0.1, -0.05) is 11.6 Å². The van der Waals surface area contributed by atoms with E-state index in [1.807, 2.05) is 0 Å². The van der Waals surface area contributed by atoms with E-state index < -0.39 is 28.0 Å². The Morgan fingerprint density at radius 2 is 1.68 bits per heavy atom. The Morgan fingerprint density at radius 3 is 2.29 bits per heavy atom. The lowest BCUT2D eigenvalue weighted by Gasteiger charge is -2.12. The van der Waals surface area contributed by atoms with Crippen LogP contribution in [0.15, 0.2) is 53.6 Å². The van der Waals surface area contributed by atoms with Crippen LogP contribution in [0.25, 0.3) is 0 Å². The maximum Gasteiger partial charge on any atom is 0.573 e. The summed E-state index contributed by atoms with van der Waals surface area (Å²) in [4.78, 5) is 7.34. The van der Waals surface area contributed by atoms with E-state index in [1.54, 1.807) is 0 Å². The highest BCUT2D eigenvalue weighted by molar-refractivity contribution is 7.89. The molecule has 164 valence electrons. The number of sulfonamides is 1. The number of primary sulfonamides is 1. The summed E-state index contributed by atoms with van der Waals surface area (Å²) in [5.41, 5.74) is 0.431. The molecule has 0 radical (unpaired) electrons. The molecule has 0 aliphatic heterocycles. The molecule has 0 bridgehead atoms. The predicted molar refractivity (Wildman–Crippen MR) is 105 cm³/mol. The molecule has 0 saturated carbocycles. The first kappa shape index (κ1) is 22.5. The summed E-state index contributed by atoms with van der Waals surface area (Å²) in [6.07, 6.45) is -3.99. The van der Waals surface area contributed by atoms with Crippen LogP contribution in [0.1, 0.15) is 0 Å². The molecule has 3 rings (SSSR count). The summed E-state index contributed by atoms with van der Waals surface area (Å²) in [6.45, 7) is 0. The fourth-order valence-corrected chi connectivity index (χ4v) is 3.39. The van der Waals surface area contributed by atoms with E-state index in [1.165, 1.54) is 24.3 Å². The van der Waals surface area contributed by atoms with Crippen molar-refractivity contribution in [2.24, 2.45) is 5.14 Å². The number of rotatable bonds is 6. The van der Waals surface area contributed by atoms with Gasteiger partial charge in [-0.15, -0.1) is 13.2 Å². The van der Waals surface area contributed by atoms with Gasteiger partial charge in [0.15, 0.2) is 11.6 Å². The van der Waals surface area contributed by atoms with Crippen molar-refractivity contribution in [1.29, 1.82) is 0 Å². The second kappa shape index (κ2) is 8.53. The number of aromatic nitrogens is 2. The minimum Gasteiger partial charge on any atom is -0.406 e. The first-order valence-electron chi connectivity index (χ1n) is 8.15. The molecule has 0 aliphatic rings. The highest BCUT2D eigenvalue weighted by Crippen LogP contribution is 2.27. The third-order valence-electron chi connectivity index (χ3n) is 3.59. The van der Waals surface area contributed by atoms with Crippen LogP contribution < -0.4 is 20.5 Å². The topological polar surface area (TPSA) is 119 Å². The molecule has 1 aromatic heterocycles. The summed E-state index contributed by atoms with van der Waals surface area (Å²) in [5, 5.41) is 10.3. The largest absolute Gasteiger partial charge is 0.573 e. The molecule has 31 heavy (non-hydrogen) atoms. The number of alkyl halides is 3. The smallest absolute Gasteiger partial charge is 0.406 e. The molecule has 0 saturated heterocycles. The maximum absolute atomic E-state index is 14.1. The number of hydrogen-bond donors (Lipinski definition) is 3. The molecular weight excluding hydrogens is 466 g/mol. The molecule has 1 heterocycles. The average molecular weight is 478 g/mol. The number of benzene rings is 2. The van der Waals surface area contributed by atoms with Crippen LogP contribution in [-0.4, -0.2) is 24.7 Å². The lowest BCUT2D eigenvalue weighted by molar-refractivity contribution is -0.274. The summed E-state index contributed by atoms with van der Waals surface area (Å²) in [5.74, 6) is -1.69. The van der Waals surface area contributed by atoms with Crippen LogP contribution in [0.4, 0.5) is 40.7 Å². The molecule has 0 fully saturated rings. The molecule has 4 N–H and O–H groups in total. The highest BCUT2D eigenvalue weighted by Gasteiger charge is 2.31. The van der Waals surface area contributed by atoms with E-state index in [0.29, 0.717) is 0 Å². The number of halogens is 5. The van der Waals surface area contributed by atoms with E-state index in [4.69, 9.17) is 16.7 Å². The monoisotopic (exact) mass is 477 g/mol. The lowest BCUT2D eigenvalue weighted by atomic mass is 10.3. The van der Waals surface area contributed by atoms with Crippen molar-refractivity contribution in [3.63, 3.8) is 0 Å². The molecule has 0 amide bonds. The molecule has 2 aromatic carbocycles. The van der Waals surface area contributed by atoms with Crippen molar-refractivity contribution < 1.29 is 30.7 Å². The molecule has 8 nitrogen and oxygen atoms in total. The minimum atomic E-state index is -4.83. The van der Waals surface area contributed by atoms with Gasteiger partial charge in [-0.2, -0.15) is 4.98 Å². The first-order chi connectivity index (χ1) is 14.4. The third kappa shape index (κ3) is 6.16. The van der Waals surface area contributed by atoms with Gasteiger partial charge in [0.25, 0.3) is 0 Å². The Bertz CT molecular complexity index is 1210. The second-order valence-corrected chi connectivity index (χ2v) is 7.84. The Hall–Kier alpha value is -3.16. The molecule has 0 aliphatic carbocycles. The maximum atomic E-state index is 14.1. The predicted octanol–water partition coefficient (Wildman–Crippen LogP) is 4.30. The molecular formula is C17H12ClF4N5O3S. The second-order valence-electron chi connectivity index (χ2n) is 5.90. The zero-order chi connectivity index (χ0) is 22.8. The van der Waals surface area contributed by atoms with Gasteiger partial charge in [0.2, 0.25) is 16.0 Å². The molecule has 0 spiro atoms. The van der Waals surface area contributed by atoms with Crippen LogP contribution in [0, 0.1) is 5.82 Å². The van der Waals surface area contributed by atoms with Gasteiger partial charge in [0.05, 0.1) is 11.2 Å². The van der Waals surface area contributed by atoms with Crippen molar-refractivity contribution in [3.8, 4) is 5.75 Å². The van der Waals surface area contributed by atoms with E-state index in [9.17, 15) is 26.0 Å². The van der Waals surface area contributed by atoms with Gasteiger partial charge in [0, 0.05) is 11.4 Å². The Morgan fingerprint density at radius 1 is 1.03 bits per heavy atom. The van der Waals surface area contributed by atoms with Gasteiger partial charge < -0.3 is 15.4 Å². The molecule has 14 heteroatoms. The van der Waals surface area contributed by atoms with Crippen molar-refractivity contribution in [2.75, 3.05) is 10.6 Å². The third-order valence-corrected chi connectivity index (χ3v) is 4.98. The first-order valence-corrected chi connectivity index (χ1v) is 10.1. The fraction of sp³-hybridized carbons (Fsp3) is 0.0588. The fourth-order valence-electron chi connectivity index (χ4n) is 2.32. The van der Waals surface area contributed by atoms with E-state index in [0.717, 1.165) is 24.4 Å². The normalized spacial score (nSPS) is 11.8. The van der Waals surface area contributed by atoms with Gasteiger partial charge in [-0.25, -0.2) is 22.9 Å². The van der Waals surface area contributed by atoms with Crippen molar-refractivity contribution in [1.82, 2.24) is 9.97 Å². The Balaban J connectivity index is 1.80. The summed E-state index contributed by atoms with van der Waals surface area (Å²) >= 11 is 5.82. The number of nitrogens with zero attached hydrogens (tertiary/aromatic N) is 2. The number of hydrogen-bond acceptors (Lipinski definition) is 7. The number of anilines is 4. The van der Waals surface area contributed by atoms with E-state index in [-0.39, 0.29) is 33.1 Å². The van der Waals surface area contributed by atoms with Crippen molar-refractivity contribution >= 4 is 44.8 Å². The SMILES string of the molecule is NS(=O)(=O)c1cc(Nc2ncc(F)c(Nc3ccc(OC(F)(F)F)cc3)n2)ccc1Cl. The van der Waals surface area contributed by atoms with Gasteiger partial charge in [0.1, 0.15) is 10.6 Å². The lowest BCUT2D eigenvalue weighted by Crippen LogP contribution is -2.17. The van der Waals surface area contributed by atoms with Crippen LogP contribution in [0.2, 0.25) is 5.02 Å². The zero-order valence-corrected chi connectivity index (χ0v) is 16.7. The van der Waals surface area contributed by atoms with E-state index in [2.05, 4.69) is 25.3 Å². The van der Waals surface area contributed by atoms with Crippen molar-refractivity contribution in [2.45, 2.75) is 11.3 Å². The number of nitrogens with one attached hydrogen (secondary N) is 2. The zero-order valence-electron chi connectivity index (χ0n) is 15.1. The van der Waals surface area contributed by atoms with Gasteiger partial charge in [-0.05, 0) is 42.5 Å². The van der Waals surface area contributed by atoms with Crippen molar-refractivity contribution in [3.05, 3.63) is 59.5 Å². The Kier molecular flexibility index (Phi) is 6.20. The Labute approximate surface area is 178 Å². The van der Waals surface area contributed by atoms with E-state index >= 15 is 0 Å². The van der Waals surface area contributed by atoms with Gasteiger partial charge in [-0.3, -0.25) is 0 Å². The number of ether oxygens (including phenoxy) is 1. The molecule has 0 atom stereocenters. The van der Waals surface area contributed by atoms with Crippen LogP contribution >= 0.6 is 11.6 Å². The highest BCUT2D eigenvalue weighted by atomic mass is 35.5. The quantitative estimate of drug-likeness (QED) is 0.453. The standard InChI is InChI=1S/C17H12ClF4N5O3S/c18-12-6-3-10(7-14(12)31(23,28)29)26-16-24-8-13(19)15(27-16)25-9-1-4-11(5-2-9)30-17(20,21)22/h1-8H,(H2,23,28,29)(H2,24,25,26,27). The van der Waals surface area contributed by atoms with Crippen LogP contribution in [0.3, 0.4) is 0 Å².